The Morgan fingerprint density at radius 3 is 2.50 bits per heavy atom. The maximum Gasteiger partial charge on any atom is 0.191 e. The Balaban J connectivity index is 1.80. The van der Waals surface area contributed by atoms with Gasteiger partial charge >= 0.3 is 0 Å². The van der Waals surface area contributed by atoms with Gasteiger partial charge in [0, 0.05) is 26.1 Å². The fourth-order valence-corrected chi connectivity index (χ4v) is 2.14. The van der Waals surface area contributed by atoms with Crippen molar-refractivity contribution in [2.45, 2.75) is 0 Å². The molecule has 0 aliphatic carbocycles. The number of nitrogens with zero attached hydrogens (tertiary/aromatic N) is 1. The third kappa shape index (κ3) is 4.63. The second-order valence-electron chi connectivity index (χ2n) is 4.74. The molecule has 0 heterocycles. The molecule has 22 heavy (non-hydrogen) atoms. The van der Waals surface area contributed by atoms with Crippen LogP contribution in [-0.4, -0.2) is 46.4 Å². The van der Waals surface area contributed by atoms with Gasteiger partial charge in [0.15, 0.2) is 5.96 Å². The smallest absolute Gasteiger partial charge is 0.191 e. The average Bonchev–Trinajstić information content (AvgIpc) is 2.57. The van der Waals surface area contributed by atoms with Gasteiger partial charge in [0.1, 0.15) is 12.4 Å². The maximum atomic E-state index is 5.87. The van der Waals surface area contributed by atoms with Gasteiger partial charge in [0.2, 0.25) is 0 Å². The third-order valence-electron chi connectivity index (χ3n) is 3.22. The topological polar surface area (TPSA) is 54.9 Å². The lowest BCUT2D eigenvalue weighted by molar-refractivity contribution is 0.203. The summed E-state index contributed by atoms with van der Waals surface area (Å²) in [7, 11) is 3.42. The summed E-state index contributed by atoms with van der Waals surface area (Å²) < 4.78 is 10.9. The summed E-state index contributed by atoms with van der Waals surface area (Å²) in [6, 6.07) is 14.3. The van der Waals surface area contributed by atoms with Gasteiger partial charge < -0.3 is 20.1 Å². The van der Waals surface area contributed by atoms with E-state index < -0.39 is 0 Å². The van der Waals surface area contributed by atoms with Crippen LogP contribution in [0, 0.1) is 0 Å². The van der Waals surface area contributed by atoms with Crippen molar-refractivity contribution in [1.82, 2.24) is 10.6 Å². The lowest BCUT2D eigenvalue weighted by Crippen LogP contribution is -2.40. The Morgan fingerprint density at radius 2 is 1.73 bits per heavy atom. The molecule has 2 aromatic carbocycles. The zero-order valence-corrected chi connectivity index (χ0v) is 13.1. The van der Waals surface area contributed by atoms with Gasteiger partial charge in [-0.1, -0.05) is 36.4 Å². The van der Waals surface area contributed by atoms with E-state index in [1.165, 1.54) is 5.39 Å². The SMILES string of the molecule is CN=C(NCCOC)NCCOc1cccc2ccccc12. The van der Waals surface area contributed by atoms with Crippen LogP contribution in [0.15, 0.2) is 47.5 Å². The van der Waals surface area contributed by atoms with Gasteiger partial charge in [-0.25, -0.2) is 0 Å². The van der Waals surface area contributed by atoms with Crippen LogP contribution in [-0.2, 0) is 4.74 Å². The van der Waals surface area contributed by atoms with Crippen LogP contribution in [0.25, 0.3) is 10.8 Å². The van der Waals surface area contributed by atoms with Gasteiger partial charge in [-0.3, -0.25) is 4.99 Å². The molecule has 118 valence electrons. The minimum atomic E-state index is 0.568. The number of guanidine groups is 1. The highest BCUT2D eigenvalue weighted by atomic mass is 16.5. The number of hydrogen-bond donors (Lipinski definition) is 2. The molecule has 0 atom stereocenters. The van der Waals surface area contributed by atoms with E-state index in [4.69, 9.17) is 9.47 Å². The predicted molar refractivity (Wildman–Crippen MR) is 90.7 cm³/mol. The van der Waals surface area contributed by atoms with E-state index in [1.807, 2.05) is 24.3 Å². The minimum absolute atomic E-state index is 0.568. The van der Waals surface area contributed by atoms with E-state index in [0.717, 1.165) is 23.6 Å². The highest BCUT2D eigenvalue weighted by molar-refractivity contribution is 5.88. The number of fused-ring (bicyclic) bond motifs is 1. The molecular formula is C17H23N3O2. The van der Waals surface area contributed by atoms with Crippen LogP contribution < -0.4 is 15.4 Å². The van der Waals surface area contributed by atoms with E-state index in [1.54, 1.807) is 14.2 Å². The van der Waals surface area contributed by atoms with Gasteiger partial charge in [-0.2, -0.15) is 0 Å². The zero-order chi connectivity index (χ0) is 15.6. The van der Waals surface area contributed by atoms with Gasteiger partial charge in [-0.15, -0.1) is 0 Å². The summed E-state index contributed by atoms with van der Waals surface area (Å²) in [5, 5.41) is 8.68. The normalized spacial score (nSPS) is 11.5. The first-order valence-electron chi connectivity index (χ1n) is 7.39. The van der Waals surface area contributed by atoms with Crippen molar-refractivity contribution >= 4 is 16.7 Å². The van der Waals surface area contributed by atoms with Crippen LogP contribution in [0.1, 0.15) is 0 Å². The van der Waals surface area contributed by atoms with Crippen molar-refractivity contribution in [3.05, 3.63) is 42.5 Å². The Hall–Kier alpha value is -2.27. The van der Waals surface area contributed by atoms with E-state index in [2.05, 4.69) is 33.8 Å². The number of hydrogen-bond acceptors (Lipinski definition) is 3. The Labute approximate surface area is 131 Å². The van der Waals surface area contributed by atoms with Gasteiger partial charge in [0.25, 0.3) is 0 Å². The molecule has 0 bridgehead atoms. The number of benzene rings is 2. The molecule has 2 rings (SSSR count). The summed E-state index contributed by atoms with van der Waals surface area (Å²) in [6.45, 7) is 2.61. The van der Waals surface area contributed by atoms with E-state index >= 15 is 0 Å². The Morgan fingerprint density at radius 1 is 1.00 bits per heavy atom. The molecule has 2 aromatic rings. The van der Waals surface area contributed by atoms with Gasteiger partial charge in [0.05, 0.1) is 13.2 Å². The standard InChI is InChI=1S/C17H23N3O2/c1-18-17(19-10-12-21-2)20-11-13-22-16-9-5-7-14-6-3-4-8-15(14)16/h3-9H,10-13H2,1-2H3,(H2,18,19,20). The Bertz CT molecular complexity index is 608. The van der Waals surface area contributed by atoms with Crippen LogP contribution in [0.3, 0.4) is 0 Å². The molecule has 0 saturated carbocycles. The molecule has 0 amide bonds. The van der Waals surface area contributed by atoms with Crippen molar-refractivity contribution in [1.29, 1.82) is 0 Å². The lowest BCUT2D eigenvalue weighted by atomic mass is 10.1. The van der Waals surface area contributed by atoms with Gasteiger partial charge in [-0.05, 0) is 11.5 Å². The highest BCUT2D eigenvalue weighted by Gasteiger charge is 2.01. The van der Waals surface area contributed by atoms with E-state index in [0.29, 0.717) is 19.8 Å². The maximum absolute atomic E-state index is 5.87. The zero-order valence-electron chi connectivity index (χ0n) is 13.1. The molecule has 5 heteroatoms. The number of methoxy groups -OCH3 is 1. The van der Waals surface area contributed by atoms with Crippen molar-refractivity contribution in [3.63, 3.8) is 0 Å². The lowest BCUT2D eigenvalue weighted by Gasteiger charge is -2.13. The Kier molecular flexibility index (Phi) is 6.51. The van der Waals surface area contributed by atoms with E-state index in [-0.39, 0.29) is 0 Å². The minimum Gasteiger partial charge on any atom is -0.491 e. The van der Waals surface area contributed by atoms with Crippen LogP contribution in [0.2, 0.25) is 0 Å². The molecule has 2 N–H and O–H groups in total. The van der Waals surface area contributed by atoms with Crippen molar-refractivity contribution in [3.8, 4) is 5.75 Å². The molecule has 0 aliphatic rings. The monoisotopic (exact) mass is 301 g/mol. The molecule has 0 aromatic heterocycles. The molecule has 0 spiro atoms. The largest absolute Gasteiger partial charge is 0.491 e. The summed E-state index contributed by atoms with van der Waals surface area (Å²) in [5.74, 6) is 1.65. The second-order valence-corrected chi connectivity index (χ2v) is 4.74. The van der Waals surface area contributed by atoms with Crippen LogP contribution in [0.5, 0.6) is 5.75 Å². The number of rotatable bonds is 7. The first-order chi connectivity index (χ1) is 10.8. The van der Waals surface area contributed by atoms with Crippen molar-refractivity contribution in [2.75, 3.05) is 40.5 Å². The fraction of sp³-hybridized carbons (Fsp3) is 0.353. The van der Waals surface area contributed by atoms with Crippen molar-refractivity contribution < 1.29 is 9.47 Å². The third-order valence-corrected chi connectivity index (χ3v) is 3.22. The van der Waals surface area contributed by atoms with Crippen molar-refractivity contribution in [2.24, 2.45) is 4.99 Å². The molecule has 5 nitrogen and oxygen atoms in total. The summed E-state index contributed by atoms with van der Waals surface area (Å²) in [6.07, 6.45) is 0. The summed E-state index contributed by atoms with van der Waals surface area (Å²) in [4.78, 5) is 4.14. The van der Waals surface area contributed by atoms with E-state index in [9.17, 15) is 0 Å². The average molecular weight is 301 g/mol. The number of nitrogens with one attached hydrogen (secondary N) is 2. The molecule has 0 radical (unpaired) electrons. The number of aliphatic imine (C=N–C) groups is 1. The first kappa shape index (κ1) is 16.1. The molecule has 0 aliphatic heterocycles. The molecule has 0 unspecified atom stereocenters. The summed E-state index contributed by atoms with van der Waals surface area (Å²) >= 11 is 0. The quantitative estimate of drug-likeness (QED) is 0.467. The number of ether oxygens (including phenoxy) is 2. The predicted octanol–water partition coefficient (Wildman–Crippen LogP) is 2.03. The molecule has 0 saturated heterocycles. The molecule has 0 fully saturated rings. The second kappa shape index (κ2) is 8.89. The summed E-state index contributed by atoms with van der Waals surface area (Å²) in [5.41, 5.74) is 0. The highest BCUT2D eigenvalue weighted by Crippen LogP contribution is 2.24. The molecular weight excluding hydrogens is 278 g/mol. The van der Waals surface area contributed by atoms with Crippen LogP contribution in [0.4, 0.5) is 0 Å². The van der Waals surface area contributed by atoms with Crippen LogP contribution >= 0.6 is 0 Å². The first-order valence-corrected chi connectivity index (χ1v) is 7.39. The fourth-order valence-electron chi connectivity index (χ4n) is 2.14.